The second-order valence-electron chi connectivity index (χ2n) is 9.55. The Morgan fingerprint density at radius 3 is 2.50 bits per heavy atom. The summed E-state index contributed by atoms with van der Waals surface area (Å²) < 4.78 is 16.4. The van der Waals surface area contributed by atoms with E-state index in [9.17, 15) is 14.0 Å². The number of rotatable bonds is 11. The molecule has 2 N–H and O–H groups in total. The molecule has 4 aromatic rings. The van der Waals surface area contributed by atoms with Crippen molar-refractivity contribution in [2.45, 2.75) is 46.2 Å². The minimum absolute atomic E-state index is 0.0456. The van der Waals surface area contributed by atoms with Crippen molar-refractivity contribution in [1.82, 2.24) is 14.9 Å². The standard InChI is InChI=1S/C30H32FN3O3S/c1-3-7-27-33-28-19(2)12-22(16-32-29(35)23(18-38)13-20-8-5-4-6-9-20)15-26(28)34(27)17-21-10-11-24(30(36)37)25(31)14-21/h4-6,8-12,14-15,23,38H,3,7,13,16-18H2,1-2H3,(H,32,35)(H,36,37). The van der Waals surface area contributed by atoms with E-state index in [2.05, 4.69) is 29.4 Å². The second kappa shape index (κ2) is 12.3. The molecule has 1 unspecified atom stereocenters. The van der Waals surface area contributed by atoms with Gasteiger partial charge in [0, 0.05) is 25.3 Å². The predicted octanol–water partition coefficient (Wildman–Crippen LogP) is 5.59. The number of amides is 1. The van der Waals surface area contributed by atoms with Crippen molar-refractivity contribution in [3.8, 4) is 0 Å². The van der Waals surface area contributed by atoms with Gasteiger partial charge in [0.2, 0.25) is 5.91 Å². The molecule has 0 bridgehead atoms. The Labute approximate surface area is 227 Å². The number of carboxylic acid groups (broad SMARTS) is 1. The zero-order valence-corrected chi connectivity index (χ0v) is 22.5. The molecule has 0 saturated carbocycles. The molecule has 8 heteroatoms. The largest absolute Gasteiger partial charge is 0.478 e. The van der Waals surface area contributed by atoms with Gasteiger partial charge in [0.05, 0.1) is 22.5 Å². The van der Waals surface area contributed by atoms with Crippen LogP contribution in [0.15, 0.2) is 60.7 Å². The van der Waals surface area contributed by atoms with Crippen molar-refractivity contribution in [2.24, 2.45) is 5.92 Å². The normalized spacial score (nSPS) is 12.0. The number of aromatic carboxylic acids is 1. The average Bonchev–Trinajstić information content (AvgIpc) is 3.24. The van der Waals surface area contributed by atoms with Crippen LogP contribution in [0.25, 0.3) is 11.0 Å². The summed E-state index contributed by atoms with van der Waals surface area (Å²) in [6.07, 6.45) is 2.27. The number of hydrogen-bond acceptors (Lipinski definition) is 4. The summed E-state index contributed by atoms with van der Waals surface area (Å²) in [6.45, 7) is 4.79. The molecule has 38 heavy (non-hydrogen) atoms. The number of aryl methyl sites for hydroxylation is 2. The van der Waals surface area contributed by atoms with E-state index in [1.807, 2.05) is 49.4 Å². The van der Waals surface area contributed by atoms with Gasteiger partial charge >= 0.3 is 5.97 Å². The Bertz CT molecular complexity index is 1450. The quantitative estimate of drug-likeness (QED) is 0.220. The SMILES string of the molecule is CCCc1nc2c(C)cc(CNC(=O)C(CS)Cc3ccccc3)cc2n1Cc1ccc(C(=O)O)c(F)c1. The maximum atomic E-state index is 14.4. The van der Waals surface area contributed by atoms with Gasteiger partial charge in [0.15, 0.2) is 0 Å². The molecule has 0 radical (unpaired) electrons. The Morgan fingerprint density at radius 2 is 1.84 bits per heavy atom. The highest BCUT2D eigenvalue weighted by atomic mass is 32.1. The molecule has 3 aromatic carbocycles. The van der Waals surface area contributed by atoms with Gasteiger partial charge in [-0.3, -0.25) is 4.79 Å². The first-order chi connectivity index (χ1) is 18.3. The van der Waals surface area contributed by atoms with Gasteiger partial charge in [-0.15, -0.1) is 0 Å². The first kappa shape index (κ1) is 27.4. The Hall–Kier alpha value is -3.65. The van der Waals surface area contributed by atoms with Crippen molar-refractivity contribution in [1.29, 1.82) is 0 Å². The van der Waals surface area contributed by atoms with Gasteiger partial charge in [0.1, 0.15) is 11.6 Å². The zero-order valence-electron chi connectivity index (χ0n) is 21.6. The van der Waals surface area contributed by atoms with Crippen LogP contribution in [0.5, 0.6) is 0 Å². The molecular formula is C30H32FN3O3S. The number of nitrogens with one attached hydrogen (secondary N) is 1. The smallest absolute Gasteiger partial charge is 0.338 e. The maximum absolute atomic E-state index is 14.4. The maximum Gasteiger partial charge on any atom is 0.338 e. The van der Waals surface area contributed by atoms with Crippen molar-refractivity contribution in [3.05, 3.63) is 100 Å². The van der Waals surface area contributed by atoms with Crippen LogP contribution in [-0.2, 0) is 30.7 Å². The van der Waals surface area contributed by atoms with Gasteiger partial charge in [-0.05, 0) is 60.2 Å². The van der Waals surface area contributed by atoms with Crippen LogP contribution < -0.4 is 5.32 Å². The predicted molar refractivity (Wildman–Crippen MR) is 150 cm³/mol. The third-order valence-electron chi connectivity index (χ3n) is 6.64. The molecule has 0 fully saturated rings. The fourth-order valence-electron chi connectivity index (χ4n) is 4.69. The van der Waals surface area contributed by atoms with Gasteiger partial charge in [-0.25, -0.2) is 14.2 Å². The number of imidazole rings is 1. The minimum atomic E-state index is -1.29. The molecule has 198 valence electrons. The fraction of sp³-hybridized carbons (Fsp3) is 0.300. The molecular weight excluding hydrogens is 501 g/mol. The van der Waals surface area contributed by atoms with Gasteiger partial charge < -0.3 is 15.0 Å². The summed E-state index contributed by atoms with van der Waals surface area (Å²) >= 11 is 4.41. The van der Waals surface area contributed by atoms with E-state index in [4.69, 9.17) is 10.1 Å². The van der Waals surface area contributed by atoms with Crippen LogP contribution in [0.3, 0.4) is 0 Å². The molecule has 1 amide bonds. The first-order valence-electron chi connectivity index (χ1n) is 12.7. The number of hydrogen-bond donors (Lipinski definition) is 3. The molecule has 0 spiro atoms. The van der Waals surface area contributed by atoms with E-state index in [1.54, 1.807) is 6.07 Å². The Kier molecular flexibility index (Phi) is 8.84. The lowest BCUT2D eigenvalue weighted by Gasteiger charge is -2.15. The van der Waals surface area contributed by atoms with Crippen LogP contribution in [0, 0.1) is 18.7 Å². The zero-order chi connectivity index (χ0) is 27.2. The summed E-state index contributed by atoms with van der Waals surface area (Å²) in [5, 5.41) is 12.2. The second-order valence-corrected chi connectivity index (χ2v) is 9.92. The minimum Gasteiger partial charge on any atom is -0.478 e. The highest BCUT2D eigenvalue weighted by molar-refractivity contribution is 7.80. The summed E-state index contributed by atoms with van der Waals surface area (Å²) in [6, 6.07) is 18.2. The third kappa shape index (κ3) is 6.25. The lowest BCUT2D eigenvalue weighted by atomic mass is 10.00. The summed E-state index contributed by atoms with van der Waals surface area (Å²) in [4.78, 5) is 29.0. The molecule has 0 saturated heterocycles. The first-order valence-corrected chi connectivity index (χ1v) is 13.4. The topological polar surface area (TPSA) is 84.2 Å². The van der Waals surface area contributed by atoms with Crippen molar-refractivity contribution in [3.63, 3.8) is 0 Å². The lowest BCUT2D eigenvalue weighted by Crippen LogP contribution is -2.32. The van der Waals surface area contributed by atoms with Crippen LogP contribution in [-0.4, -0.2) is 32.3 Å². The molecule has 1 aromatic heterocycles. The van der Waals surface area contributed by atoms with Gasteiger partial charge in [-0.1, -0.05) is 49.4 Å². The summed E-state index contributed by atoms with van der Waals surface area (Å²) in [5.41, 5.74) is 5.10. The monoisotopic (exact) mass is 533 g/mol. The molecule has 1 atom stereocenters. The molecule has 0 aliphatic heterocycles. The van der Waals surface area contributed by atoms with Crippen LogP contribution in [0.4, 0.5) is 4.39 Å². The van der Waals surface area contributed by atoms with E-state index in [0.29, 0.717) is 30.8 Å². The number of aromatic nitrogens is 2. The van der Waals surface area contributed by atoms with Crippen LogP contribution in [0.2, 0.25) is 0 Å². The number of carboxylic acids is 1. The van der Waals surface area contributed by atoms with E-state index in [-0.39, 0.29) is 17.4 Å². The highest BCUT2D eigenvalue weighted by Crippen LogP contribution is 2.25. The lowest BCUT2D eigenvalue weighted by molar-refractivity contribution is -0.124. The number of thiol groups is 1. The highest BCUT2D eigenvalue weighted by Gasteiger charge is 2.19. The molecule has 4 rings (SSSR count). The van der Waals surface area contributed by atoms with Crippen LogP contribution >= 0.6 is 12.6 Å². The summed E-state index contributed by atoms with van der Waals surface area (Å²) in [5.74, 6) is -1.01. The molecule has 0 aliphatic rings. The number of carbonyl (C=O) groups is 2. The number of carbonyl (C=O) groups excluding carboxylic acids is 1. The van der Waals surface area contributed by atoms with E-state index in [1.165, 1.54) is 12.1 Å². The number of nitrogens with zero attached hydrogens (tertiary/aromatic N) is 2. The van der Waals surface area contributed by atoms with Crippen molar-refractivity contribution >= 4 is 35.5 Å². The number of halogens is 1. The fourth-order valence-corrected chi connectivity index (χ4v) is 4.99. The Balaban J connectivity index is 1.59. The number of fused-ring (bicyclic) bond motifs is 1. The van der Waals surface area contributed by atoms with Crippen molar-refractivity contribution < 1.29 is 19.1 Å². The third-order valence-corrected chi connectivity index (χ3v) is 7.09. The van der Waals surface area contributed by atoms with Crippen LogP contribution in [0.1, 0.15) is 51.8 Å². The van der Waals surface area contributed by atoms with E-state index >= 15 is 0 Å². The average molecular weight is 534 g/mol. The summed E-state index contributed by atoms with van der Waals surface area (Å²) in [7, 11) is 0. The van der Waals surface area contributed by atoms with Gasteiger partial charge in [-0.2, -0.15) is 12.6 Å². The number of benzene rings is 3. The van der Waals surface area contributed by atoms with Crippen molar-refractivity contribution in [2.75, 3.05) is 5.75 Å². The van der Waals surface area contributed by atoms with Gasteiger partial charge in [0.25, 0.3) is 0 Å². The molecule has 6 nitrogen and oxygen atoms in total. The molecule has 0 aliphatic carbocycles. The van der Waals surface area contributed by atoms with E-state index in [0.717, 1.165) is 46.4 Å². The Morgan fingerprint density at radius 1 is 1.08 bits per heavy atom. The van der Waals surface area contributed by atoms with E-state index < -0.39 is 11.8 Å². The molecule has 1 heterocycles.